The summed E-state index contributed by atoms with van der Waals surface area (Å²) in [5, 5.41) is 2.81. The normalized spacial score (nSPS) is 13.8. The summed E-state index contributed by atoms with van der Waals surface area (Å²) >= 11 is 0. The molecule has 84 valence electrons. The third kappa shape index (κ3) is 6.86. The first-order valence-electron chi connectivity index (χ1n) is 4.89. The highest BCUT2D eigenvalue weighted by Gasteiger charge is 2.16. The summed E-state index contributed by atoms with van der Waals surface area (Å²) in [4.78, 5) is 11.4. The van der Waals surface area contributed by atoms with Crippen LogP contribution in [-0.4, -0.2) is 32.2 Å². The molecule has 0 fully saturated rings. The van der Waals surface area contributed by atoms with E-state index in [2.05, 4.69) is 26.1 Å². The highest BCUT2D eigenvalue weighted by molar-refractivity contribution is 5.81. The molecule has 0 rings (SSSR count). The molecule has 0 aromatic rings. The maximum Gasteiger partial charge on any atom is 0.237 e. The van der Waals surface area contributed by atoms with Gasteiger partial charge in [-0.25, -0.2) is 0 Å². The van der Waals surface area contributed by atoms with Crippen LogP contribution in [0.25, 0.3) is 0 Å². The Hall–Kier alpha value is -0.610. The number of rotatable bonds is 5. The van der Waals surface area contributed by atoms with Crippen LogP contribution in [0.3, 0.4) is 0 Å². The van der Waals surface area contributed by atoms with E-state index in [0.717, 1.165) is 0 Å². The van der Waals surface area contributed by atoms with E-state index < -0.39 is 6.04 Å². The lowest BCUT2D eigenvalue weighted by Gasteiger charge is -2.20. The van der Waals surface area contributed by atoms with Gasteiger partial charge in [0.05, 0.1) is 6.04 Å². The second-order valence-corrected chi connectivity index (χ2v) is 4.67. The topological polar surface area (TPSA) is 64.3 Å². The van der Waals surface area contributed by atoms with Crippen molar-refractivity contribution in [3.8, 4) is 0 Å². The number of hydrogen-bond donors (Lipinski definition) is 2. The van der Waals surface area contributed by atoms with E-state index >= 15 is 0 Å². The number of nitrogens with two attached hydrogens (primary N) is 1. The number of methoxy groups -OCH3 is 1. The molecule has 14 heavy (non-hydrogen) atoms. The second-order valence-electron chi connectivity index (χ2n) is 4.67. The van der Waals surface area contributed by atoms with Gasteiger partial charge < -0.3 is 15.8 Å². The van der Waals surface area contributed by atoms with Crippen molar-refractivity contribution in [2.24, 2.45) is 11.1 Å². The molecule has 1 unspecified atom stereocenters. The summed E-state index contributed by atoms with van der Waals surface area (Å²) in [7, 11) is 1.60. The summed E-state index contributed by atoms with van der Waals surface area (Å²) in [6.45, 7) is 7.35. The predicted molar refractivity (Wildman–Crippen MR) is 56.9 cm³/mol. The fraction of sp³-hybridized carbons (Fsp3) is 0.900. The smallest absolute Gasteiger partial charge is 0.237 e. The number of carbonyl (C=O) groups excluding carboxylic acids is 1. The quantitative estimate of drug-likeness (QED) is 0.683. The maximum absolute atomic E-state index is 11.4. The van der Waals surface area contributed by atoms with Crippen LogP contribution in [0.15, 0.2) is 0 Å². The van der Waals surface area contributed by atoms with Crippen LogP contribution in [0.1, 0.15) is 27.2 Å². The predicted octanol–water partition coefficient (Wildman–Crippen LogP) is 0.513. The minimum absolute atomic E-state index is 0.0939. The Balaban J connectivity index is 3.73. The van der Waals surface area contributed by atoms with Gasteiger partial charge in [0.25, 0.3) is 0 Å². The lowest BCUT2D eigenvalue weighted by Crippen LogP contribution is -2.44. The van der Waals surface area contributed by atoms with E-state index in [1.165, 1.54) is 0 Å². The monoisotopic (exact) mass is 202 g/mol. The van der Waals surface area contributed by atoms with Crippen molar-refractivity contribution in [1.29, 1.82) is 0 Å². The molecule has 0 aliphatic carbocycles. The van der Waals surface area contributed by atoms with Crippen LogP contribution >= 0.6 is 0 Å². The number of ether oxygens (including phenoxy) is 1. The Labute approximate surface area is 86.2 Å². The van der Waals surface area contributed by atoms with E-state index in [9.17, 15) is 4.79 Å². The first kappa shape index (κ1) is 13.4. The molecule has 0 bridgehead atoms. The maximum atomic E-state index is 11.4. The van der Waals surface area contributed by atoms with Crippen molar-refractivity contribution in [3.05, 3.63) is 0 Å². The van der Waals surface area contributed by atoms with E-state index in [0.29, 0.717) is 19.6 Å². The van der Waals surface area contributed by atoms with Gasteiger partial charge in [-0.3, -0.25) is 4.79 Å². The van der Waals surface area contributed by atoms with Crippen molar-refractivity contribution < 1.29 is 9.53 Å². The van der Waals surface area contributed by atoms with Crippen LogP contribution < -0.4 is 11.1 Å². The summed E-state index contributed by atoms with van der Waals surface area (Å²) in [5.41, 5.74) is 5.73. The molecule has 0 radical (unpaired) electrons. The fourth-order valence-electron chi connectivity index (χ4n) is 0.859. The summed E-state index contributed by atoms with van der Waals surface area (Å²) < 4.78 is 4.85. The van der Waals surface area contributed by atoms with Crippen molar-refractivity contribution >= 4 is 5.91 Å². The van der Waals surface area contributed by atoms with Crippen LogP contribution in [0.2, 0.25) is 0 Å². The molecule has 0 spiro atoms. The molecule has 0 heterocycles. The Morgan fingerprint density at radius 2 is 2.07 bits per heavy atom. The highest BCUT2D eigenvalue weighted by atomic mass is 16.5. The third-order valence-corrected chi connectivity index (χ3v) is 1.76. The van der Waals surface area contributed by atoms with E-state index in [1.807, 2.05) is 0 Å². The molecule has 4 nitrogen and oxygen atoms in total. The van der Waals surface area contributed by atoms with Gasteiger partial charge >= 0.3 is 0 Å². The molecular weight excluding hydrogens is 180 g/mol. The third-order valence-electron chi connectivity index (χ3n) is 1.76. The van der Waals surface area contributed by atoms with Gasteiger partial charge in [0.2, 0.25) is 5.91 Å². The summed E-state index contributed by atoms with van der Waals surface area (Å²) in [5.74, 6) is -0.100. The zero-order valence-electron chi connectivity index (χ0n) is 9.59. The largest absolute Gasteiger partial charge is 0.385 e. The molecule has 0 aromatic carbocycles. The molecule has 1 atom stereocenters. The van der Waals surface area contributed by atoms with Gasteiger partial charge in [-0.15, -0.1) is 0 Å². The number of carbonyl (C=O) groups is 1. The molecule has 3 N–H and O–H groups in total. The number of amides is 1. The van der Waals surface area contributed by atoms with Gasteiger partial charge in [-0.05, 0) is 11.8 Å². The van der Waals surface area contributed by atoms with Crippen LogP contribution in [0.5, 0.6) is 0 Å². The van der Waals surface area contributed by atoms with Crippen molar-refractivity contribution in [2.45, 2.75) is 33.2 Å². The molecule has 4 heteroatoms. The van der Waals surface area contributed by atoms with Crippen molar-refractivity contribution in [3.63, 3.8) is 0 Å². The lowest BCUT2D eigenvalue weighted by atomic mass is 9.97. The van der Waals surface area contributed by atoms with E-state index in [1.54, 1.807) is 7.11 Å². The van der Waals surface area contributed by atoms with Gasteiger partial charge in [0.15, 0.2) is 0 Å². The SMILES string of the molecule is COCCC(N)C(=O)NCC(C)(C)C. The minimum Gasteiger partial charge on any atom is -0.385 e. The summed E-state index contributed by atoms with van der Waals surface area (Å²) in [6.07, 6.45) is 0.562. The Morgan fingerprint density at radius 1 is 1.50 bits per heavy atom. The van der Waals surface area contributed by atoms with Crippen LogP contribution in [-0.2, 0) is 9.53 Å². The van der Waals surface area contributed by atoms with E-state index in [4.69, 9.17) is 10.5 Å². The minimum atomic E-state index is -0.461. The van der Waals surface area contributed by atoms with Crippen molar-refractivity contribution in [1.82, 2.24) is 5.32 Å². The first-order valence-corrected chi connectivity index (χ1v) is 4.89. The molecule has 0 saturated heterocycles. The second kappa shape index (κ2) is 5.98. The average molecular weight is 202 g/mol. The lowest BCUT2D eigenvalue weighted by molar-refractivity contribution is -0.123. The van der Waals surface area contributed by atoms with Gasteiger partial charge in [-0.2, -0.15) is 0 Å². The Bertz CT molecular complexity index is 175. The molecule has 0 aliphatic heterocycles. The first-order chi connectivity index (χ1) is 6.37. The Morgan fingerprint density at radius 3 is 2.50 bits per heavy atom. The van der Waals surface area contributed by atoms with E-state index in [-0.39, 0.29) is 11.3 Å². The zero-order valence-corrected chi connectivity index (χ0v) is 9.59. The standard InChI is InChI=1S/C10H22N2O2/c1-10(2,3)7-12-9(13)8(11)5-6-14-4/h8H,5-7,11H2,1-4H3,(H,12,13). The molecular formula is C10H22N2O2. The van der Waals surface area contributed by atoms with Crippen LogP contribution in [0.4, 0.5) is 0 Å². The van der Waals surface area contributed by atoms with Gasteiger partial charge in [-0.1, -0.05) is 20.8 Å². The molecule has 0 aliphatic rings. The van der Waals surface area contributed by atoms with Crippen LogP contribution in [0, 0.1) is 5.41 Å². The zero-order chi connectivity index (χ0) is 11.2. The molecule has 1 amide bonds. The molecule has 0 aromatic heterocycles. The Kier molecular flexibility index (Phi) is 5.72. The summed E-state index contributed by atoms with van der Waals surface area (Å²) in [6, 6.07) is -0.461. The number of nitrogens with one attached hydrogen (secondary N) is 1. The number of hydrogen-bond acceptors (Lipinski definition) is 3. The highest BCUT2D eigenvalue weighted by Crippen LogP contribution is 2.10. The van der Waals surface area contributed by atoms with Crippen molar-refractivity contribution in [2.75, 3.05) is 20.3 Å². The van der Waals surface area contributed by atoms with Gasteiger partial charge in [0.1, 0.15) is 0 Å². The molecule has 0 saturated carbocycles. The average Bonchev–Trinajstić information content (AvgIpc) is 2.09. The fourth-order valence-corrected chi connectivity index (χ4v) is 0.859. The van der Waals surface area contributed by atoms with Gasteiger partial charge in [0, 0.05) is 20.3 Å².